The highest BCUT2D eigenvalue weighted by Crippen LogP contribution is 2.19. The van der Waals surface area contributed by atoms with E-state index in [1.54, 1.807) is 6.92 Å². The van der Waals surface area contributed by atoms with Gasteiger partial charge in [0.2, 0.25) is 0 Å². The Morgan fingerprint density at radius 2 is 1.58 bits per heavy atom. The first-order chi connectivity index (χ1) is 9.16. The Bertz CT molecular complexity index is 589. The molecule has 2 rings (SSSR count). The van der Waals surface area contributed by atoms with Crippen molar-refractivity contribution in [1.29, 1.82) is 0 Å². The fraction of sp³-hybridized carbons (Fsp3) is 0.0667. The summed E-state index contributed by atoms with van der Waals surface area (Å²) in [5.41, 5.74) is 3.56. The monoisotopic (exact) mass is 255 g/mol. The third-order valence-corrected chi connectivity index (χ3v) is 2.67. The number of benzene rings is 2. The molecular formula is C15H13NO3. The Balaban J connectivity index is 2.19. The summed E-state index contributed by atoms with van der Waals surface area (Å²) in [5.74, 6) is 0. The van der Waals surface area contributed by atoms with Gasteiger partial charge in [-0.25, -0.2) is 4.79 Å². The van der Waals surface area contributed by atoms with E-state index in [0.717, 1.165) is 16.7 Å². The van der Waals surface area contributed by atoms with Gasteiger partial charge in [-0.05, 0) is 23.6 Å². The maximum absolute atomic E-state index is 10.2. The molecule has 0 unspecified atom stereocenters. The van der Waals surface area contributed by atoms with Gasteiger partial charge in [0.1, 0.15) is 0 Å². The molecule has 0 aliphatic rings. The van der Waals surface area contributed by atoms with Crippen molar-refractivity contribution < 1.29 is 14.7 Å². The van der Waals surface area contributed by atoms with Crippen molar-refractivity contribution in [2.24, 2.45) is 5.16 Å². The largest absolute Gasteiger partial charge is 0.532 e. The van der Waals surface area contributed by atoms with Crippen LogP contribution in [0.1, 0.15) is 12.5 Å². The summed E-state index contributed by atoms with van der Waals surface area (Å²) in [6.45, 7) is 1.69. The summed E-state index contributed by atoms with van der Waals surface area (Å²) in [6, 6.07) is 17.7. The number of oxime groups is 1. The molecule has 0 aliphatic carbocycles. The fourth-order valence-corrected chi connectivity index (χ4v) is 1.69. The highest BCUT2D eigenvalue weighted by atomic mass is 16.7. The van der Waals surface area contributed by atoms with Gasteiger partial charge in [-0.2, -0.15) is 0 Å². The summed E-state index contributed by atoms with van der Waals surface area (Å²) >= 11 is 0. The summed E-state index contributed by atoms with van der Waals surface area (Å²) in [6.07, 6.45) is -1.42. The molecule has 0 atom stereocenters. The minimum absolute atomic E-state index is 0.516. The van der Waals surface area contributed by atoms with E-state index in [0.29, 0.717) is 5.71 Å². The van der Waals surface area contributed by atoms with Crippen LogP contribution in [0.3, 0.4) is 0 Å². The summed E-state index contributed by atoms with van der Waals surface area (Å²) in [7, 11) is 0. The predicted molar refractivity (Wildman–Crippen MR) is 73.2 cm³/mol. The molecule has 0 spiro atoms. The fourth-order valence-electron chi connectivity index (χ4n) is 1.69. The second kappa shape index (κ2) is 5.82. The third kappa shape index (κ3) is 3.42. The third-order valence-electron chi connectivity index (χ3n) is 2.67. The van der Waals surface area contributed by atoms with Crippen molar-refractivity contribution in [1.82, 2.24) is 0 Å². The van der Waals surface area contributed by atoms with E-state index < -0.39 is 6.16 Å². The van der Waals surface area contributed by atoms with E-state index in [9.17, 15) is 4.79 Å². The normalized spacial score (nSPS) is 11.1. The number of rotatable bonds is 3. The summed E-state index contributed by atoms with van der Waals surface area (Å²) in [4.78, 5) is 14.4. The van der Waals surface area contributed by atoms with Gasteiger partial charge in [-0.15, -0.1) is 0 Å². The maximum atomic E-state index is 10.2. The van der Waals surface area contributed by atoms with Crippen LogP contribution < -0.4 is 0 Å². The lowest BCUT2D eigenvalue weighted by Gasteiger charge is -2.03. The molecule has 0 bridgehead atoms. The molecular weight excluding hydrogens is 242 g/mol. The van der Waals surface area contributed by atoms with Crippen molar-refractivity contribution in [3.05, 3.63) is 60.2 Å². The quantitative estimate of drug-likeness (QED) is 0.516. The van der Waals surface area contributed by atoms with E-state index in [2.05, 4.69) is 9.99 Å². The van der Waals surface area contributed by atoms with Crippen molar-refractivity contribution in [3.63, 3.8) is 0 Å². The van der Waals surface area contributed by atoms with Crippen LogP contribution in [0.15, 0.2) is 59.8 Å². The first kappa shape index (κ1) is 12.8. The van der Waals surface area contributed by atoms with Gasteiger partial charge in [-0.1, -0.05) is 59.8 Å². The molecule has 4 heteroatoms. The van der Waals surface area contributed by atoms with Crippen LogP contribution in [0, 0.1) is 0 Å². The molecule has 0 radical (unpaired) electrons. The molecule has 0 aromatic heterocycles. The topological polar surface area (TPSA) is 58.9 Å². The Labute approximate surface area is 111 Å². The average molecular weight is 255 g/mol. The number of carboxylic acid groups (broad SMARTS) is 1. The Morgan fingerprint density at radius 3 is 2.16 bits per heavy atom. The standard InChI is InChI=1S/C15H13NO3/c1-11(16-19-15(17)18)12-7-9-14(10-8-12)13-5-3-2-4-6-13/h2-10H,1H3,(H,17,18)/b16-11+. The summed E-state index contributed by atoms with van der Waals surface area (Å²) in [5, 5.41) is 11.9. The van der Waals surface area contributed by atoms with Crippen LogP contribution in [-0.4, -0.2) is 17.0 Å². The highest BCUT2D eigenvalue weighted by molar-refractivity contribution is 5.98. The molecule has 0 aliphatic heterocycles. The Kier molecular flexibility index (Phi) is 3.93. The molecule has 4 nitrogen and oxygen atoms in total. The molecule has 2 aromatic rings. The second-order valence-electron chi connectivity index (χ2n) is 3.98. The van der Waals surface area contributed by atoms with Gasteiger partial charge >= 0.3 is 6.16 Å². The lowest BCUT2D eigenvalue weighted by atomic mass is 10.0. The molecule has 19 heavy (non-hydrogen) atoms. The molecule has 0 saturated heterocycles. The predicted octanol–water partition coefficient (Wildman–Crippen LogP) is 3.77. The molecule has 1 N–H and O–H groups in total. The Morgan fingerprint density at radius 1 is 1.00 bits per heavy atom. The van der Waals surface area contributed by atoms with Crippen molar-refractivity contribution >= 4 is 11.9 Å². The van der Waals surface area contributed by atoms with E-state index in [-0.39, 0.29) is 0 Å². The molecule has 0 heterocycles. The van der Waals surface area contributed by atoms with E-state index in [1.165, 1.54) is 0 Å². The van der Waals surface area contributed by atoms with Gasteiger partial charge in [0.05, 0.1) is 5.71 Å². The van der Waals surface area contributed by atoms with Crippen LogP contribution in [0.5, 0.6) is 0 Å². The highest BCUT2D eigenvalue weighted by Gasteiger charge is 2.02. The molecule has 0 saturated carbocycles. The first-order valence-electron chi connectivity index (χ1n) is 5.77. The van der Waals surface area contributed by atoms with Gasteiger partial charge in [0, 0.05) is 0 Å². The van der Waals surface area contributed by atoms with Gasteiger partial charge < -0.3 is 5.11 Å². The smallest absolute Gasteiger partial charge is 0.448 e. The lowest BCUT2D eigenvalue weighted by Crippen LogP contribution is -2.00. The number of nitrogens with zero attached hydrogens (tertiary/aromatic N) is 1. The van der Waals surface area contributed by atoms with E-state index in [4.69, 9.17) is 5.11 Å². The lowest BCUT2D eigenvalue weighted by molar-refractivity contribution is 0.0948. The molecule has 96 valence electrons. The van der Waals surface area contributed by atoms with Crippen LogP contribution >= 0.6 is 0 Å². The van der Waals surface area contributed by atoms with Gasteiger partial charge in [0.15, 0.2) is 0 Å². The minimum Gasteiger partial charge on any atom is -0.448 e. The van der Waals surface area contributed by atoms with Crippen LogP contribution in [0.4, 0.5) is 4.79 Å². The average Bonchev–Trinajstić information content (AvgIpc) is 2.46. The summed E-state index contributed by atoms with van der Waals surface area (Å²) < 4.78 is 0. The van der Waals surface area contributed by atoms with Gasteiger partial charge in [-0.3, -0.25) is 4.84 Å². The Hall–Kier alpha value is -2.62. The van der Waals surface area contributed by atoms with Crippen LogP contribution in [-0.2, 0) is 4.84 Å². The number of carbonyl (C=O) groups is 1. The number of hydrogen-bond acceptors (Lipinski definition) is 3. The van der Waals surface area contributed by atoms with Crippen LogP contribution in [0.25, 0.3) is 11.1 Å². The zero-order chi connectivity index (χ0) is 13.7. The van der Waals surface area contributed by atoms with Gasteiger partial charge in [0.25, 0.3) is 0 Å². The molecule has 2 aromatic carbocycles. The minimum atomic E-state index is -1.42. The van der Waals surface area contributed by atoms with Crippen molar-refractivity contribution in [3.8, 4) is 11.1 Å². The second-order valence-corrected chi connectivity index (χ2v) is 3.98. The maximum Gasteiger partial charge on any atom is 0.532 e. The molecule has 0 amide bonds. The first-order valence-corrected chi connectivity index (χ1v) is 5.77. The van der Waals surface area contributed by atoms with E-state index in [1.807, 2.05) is 54.6 Å². The van der Waals surface area contributed by atoms with Crippen molar-refractivity contribution in [2.45, 2.75) is 6.92 Å². The zero-order valence-electron chi connectivity index (χ0n) is 10.4. The van der Waals surface area contributed by atoms with E-state index >= 15 is 0 Å². The van der Waals surface area contributed by atoms with Crippen LogP contribution in [0.2, 0.25) is 0 Å². The molecule has 0 fully saturated rings. The SMILES string of the molecule is C/C(=N\OC(=O)O)c1ccc(-c2ccccc2)cc1. The zero-order valence-corrected chi connectivity index (χ0v) is 10.4. The number of hydrogen-bond donors (Lipinski definition) is 1. The van der Waals surface area contributed by atoms with Crippen molar-refractivity contribution in [2.75, 3.05) is 0 Å².